The molecular formula is C18H24N10O4S2. The zero-order valence-electron chi connectivity index (χ0n) is 18.0. The van der Waals surface area contributed by atoms with Crippen molar-refractivity contribution in [1.29, 1.82) is 0 Å². The van der Waals surface area contributed by atoms with Crippen LogP contribution in [0.1, 0.15) is 18.2 Å². The maximum atomic E-state index is 13.3. The molecule has 2 saturated heterocycles. The van der Waals surface area contributed by atoms with Gasteiger partial charge in [-0.15, -0.1) is 5.10 Å². The van der Waals surface area contributed by atoms with Crippen molar-refractivity contribution in [3.05, 3.63) is 35.9 Å². The molecule has 2 aliphatic heterocycles. The number of nitrogens with zero attached hydrogens (tertiary/aromatic N) is 3. The Labute approximate surface area is 195 Å². The van der Waals surface area contributed by atoms with Gasteiger partial charge in [0, 0.05) is 30.8 Å². The van der Waals surface area contributed by atoms with Gasteiger partial charge in [0.05, 0.1) is 5.52 Å². The molecule has 2 aliphatic rings. The van der Waals surface area contributed by atoms with Gasteiger partial charge in [-0.25, -0.2) is 42.2 Å². The molecule has 5 rings (SSSR count). The molecule has 2 fully saturated rings. The molecule has 0 bridgehead atoms. The van der Waals surface area contributed by atoms with Crippen LogP contribution in [0.25, 0.3) is 22.2 Å². The normalized spacial score (nSPS) is 19.9. The maximum absolute atomic E-state index is 13.3. The zero-order valence-corrected chi connectivity index (χ0v) is 19.7. The molecule has 8 N–H and O–H groups in total. The van der Waals surface area contributed by atoms with Gasteiger partial charge in [-0.3, -0.25) is 0 Å². The fourth-order valence-electron chi connectivity index (χ4n) is 4.32. The van der Waals surface area contributed by atoms with Crippen LogP contribution in [0.5, 0.6) is 0 Å². The topological polar surface area (TPSA) is 197 Å². The Balaban J connectivity index is 1.79. The van der Waals surface area contributed by atoms with Crippen molar-refractivity contribution in [2.75, 3.05) is 13.1 Å². The minimum Gasteiger partial charge on any atom is -0.315 e. The first-order chi connectivity index (χ1) is 16.2. The van der Waals surface area contributed by atoms with E-state index >= 15 is 0 Å². The van der Waals surface area contributed by atoms with Gasteiger partial charge in [0.1, 0.15) is 21.5 Å². The first-order valence-corrected chi connectivity index (χ1v) is 13.4. The predicted molar refractivity (Wildman–Crippen MR) is 122 cm³/mol. The predicted octanol–water partition coefficient (Wildman–Crippen LogP) is -1.96. The lowest BCUT2D eigenvalue weighted by Gasteiger charge is -2.22. The van der Waals surface area contributed by atoms with Gasteiger partial charge in [0.15, 0.2) is 0 Å². The Morgan fingerprint density at radius 1 is 1.09 bits per heavy atom. The molecule has 34 heavy (non-hydrogen) atoms. The summed E-state index contributed by atoms with van der Waals surface area (Å²) >= 11 is 0. The average Bonchev–Trinajstić information content (AvgIpc) is 3.55. The second kappa shape index (κ2) is 8.59. The standard InChI is InChI=1S/C18H24N10O4S2/c1-28-13-4-2-3-12(16(13)21-27-28)11-5-6-14(34(31,32)24-10-7-8-20-9-10)17(33(19,29)30)15(11)18-22-25-26-23-18/h2-6,10,18,20,22-26H,7-9H2,1H3,(H2,19,29,30)/t10-/m0/s1. The number of fused-ring (bicyclic) bond motifs is 1. The van der Waals surface area contributed by atoms with Crippen molar-refractivity contribution in [3.8, 4) is 11.1 Å². The van der Waals surface area contributed by atoms with Crippen LogP contribution in [0.4, 0.5) is 0 Å². The molecule has 0 saturated carbocycles. The van der Waals surface area contributed by atoms with E-state index in [4.69, 9.17) is 5.14 Å². The summed E-state index contributed by atoms with van der Waals surface area (Å²) < 4.78 is 56.7. The summed E-state index contributed by atoms with van der Waals surface area (Å²) in [4.78, 5) is -0.942. The minimum absolute atomic E-state index is 0.116. The molecule has 3 aromatic rings. The van der Waals surface area contributed by atoms with Crippen LogP contribution in [0.2, 0.25) is 0 Å². The molecule has 1 atom stereocenters. The highest BCUT2D eigenvalue weighted by atomic mass is 32.2. The average molecular weight is 509 g/mol. The van der Waals surface area contributed by atoms with E-state index in [2.05, 4.69) is 42.3 Å². The Morgan fingerprint density at radius 3 is 2.53 bits per heavy atom. The number of hydrogen-bond acceptors (Lipinski definition) is 11. The third-order valence-corrected chi connectivity index (χ3v) is 8.53. The van der Waals surface area contributed by atoms with E-state index in [0.717, 1.165) is 5.52 Å². The summed E-state index contributed by atoms with van der Waals surface area (Å²) in [5.41, 5.74) is 13.3. The molecule has 0 aliphatic carbocycles. The van der Waals surface area contributed by atoms with E-state index in [9.17, 15) is 16.8 Å². The van der Waals surface area contributed by atoms with E-state index in [1.54, 1.807) is 29.9 Å². The summed E-state index contributed by atoms with van der Waals surface area (Å²) in [7, 11) is -6.99. The zero-order chi connectivity index (χ0) is 24.1. The third-order valence-electron chi connectivity index (χ3n) is 5.83. The Hall–Kier alpha value is -2.54. The van der Waals surface area contributed by atoms with Gasteiger partial charge in [-0.2, -0.15) is 11.1 Å². The molecule has 3 heterocycles. The molecule has 0 amide bonds. The quantitative estimate of drug-likeness (QED) is 0.195. The van der Waals surface area contributed by atoms with Crippen LogP contribution in [-0.2, 0) is 27.1 Å². The van der Waals surface area contributed by atoms with Gasteiger partial charge in [-0.05, 0) is 30.7 Å². The lowest BCUT2D eigenvalue weighted by Crippen LogP contribution is -2.38. The molecular weight excluding hydrogens is 484 g/mol. The van der Waals surface area contributed by atoms with Crippen molar-refractivity contribution < 1.29 is 16.8 Å². The number of sulfonamides is 2. The summed E-state index contributed by atoms with van der Waals surface area (Å²) in [6.07, 6.45) is -0.262. The molecule has 1 aromatic heterocycles. The first-order valence-electron chi connectivity index (χ1n) is 10.4. The smallest absolute Gasteiger partial charge is 0.242 e. The van der Waals surface area contributed by atoms with Crippen LogP contribution in [0.15, 0.2) is 40.1 Å². The summed E-state index contributed by atoms with van der Waals surface area (Å²) in [6.45, 7) is 1.11. The van der Waals surface area contributed by atoms with Gasteiger partial charge in [0.2, 0.25) is 20.0 Å². The lowest BCUT2D eigenvalue weighted by molar-refractivity contribution is 0.530. The van der Waals surface area contributed by atoms with Gasteiger partial charge >= 0.3 is 0 Å². The molecule has 0 unspecified atom stereocenters. The van der Waals surface area contributed by atoms with Crippen LogP contribution in [-0.4, -0.2) is 51.0 Å². The third kappa shape index (κ3) is 4.08. The van der Waals surface area contributed by atoms with Crippen LogP contribution in [0.3, 0.4) is 0 Å². The van der Waals surface area contributed by atoms with E-state index in [0.29, 0.717) is 36.2 Å². The Morgan fingerprint density at radius 2 is 1.85 bits per heavy atom. The highest BCUT2D eigenvalue weighted by molar-refractivity contribution is 7.92. The number of aromatic nitrogens is 3. The summed E-state index contributed by atoms with van der Waals surface area (Å²) in [5, 5.41) is 17.0. The highest BCUT2D eigenvalue weighted by Crippen LogP contribution is 2.38. The Bertz CT molecular complexity index is 1460. The summed E-state index contributed by atoms with van der Waals surface area (Å²) in [5.74, 6) is 0. The van der Waals surface area contributed by atoms with Crippen molar-refractivity contribution in [1.82, 2.24) is 47.0 Å². The molecule has 16 heteroatoms. The number of primary sulfonamides is 1. The van der Waals surface area contributed by atoms with E-state index in [1.807, 2.05) is 6.07 Å². The minimum atomic E-state index is -4.51. The fraction of sp³-hybridized carbons (Fsp3) is 0.333. The monoisotopic (exact) mass is 508 g/mol. The van der Waals surface area contributed by atoms with Crippen molar-refractivity contribution >= 4 is 31.1 Å². The number of hydrazine groups is 3. The lowest BCUT2D eigenvalue weighted by atomic mass is 9.96. The van der Waals surface area contributed by atoms with Gasteiger partial charge in [-0.1, -0.05) is 23.4 Å². The second-order valence-electron chi connectivity index (χ2n) is 8.07. The Kier molecular flexibility index (Phi) is 5.87. The first kappa shape index (κ1) is 23.2. The van der Waals surface area contributed by atoms with Gasteiger partial charge < -0.3 is 5.32 Å². The number of benzene rings is 2. The number of aryl methyl sites for hydroxylation is 1. The number of nitrogens with one attached hydrogen (secondary N) is 6. The van der Waals surface area contributed by atoms with E-state index in [1.165, 1.54) is 6.07 Å². The molecule has 0 spiro atoms. The SMILES string of the molecule is Cn1nnc2c(-c3ccc(S(=O)(=O)N[C@H]4CCNC4)c(S(N)(=O)=O)c3C3NNNN3)cccc21. The molecule has 14 nitrogen and oxygen atoms in total. The number of rotatable bonds is 6. The van der Waals surface area contributed by atoms with Crippen LogP contribution >= 0.6 is 0 Å². The largest absolute Gasteiger partial charge is 0.315 e. The van der Waals surface area contributed by atoms with Gasteiger partial charge in [0.25, 0.3) is 0 Å². The molecule has 182 valence electrons. The fourth-order valence-corrected chi connectivity index (χ4v) is 7.24. The summed E-state index contributed by atoms with van der Waals surface area (Å²) in [6, 6.07) is 7.82. The molecule has 2 aromatic carbocycles. The van der Waals surface area contributed by atoms with Crippen molar-refractivity contribution in [2.24, 2.45) is 12.2 Å². The maximum Gasteiger partial charge on any atom is 0.242 e. The van der Waals surface area contributed by atoms with E-state index < -0.39 is 36.0 Å². The number of hydrogen-bond donors (Lipinski definition) is 7. The van der Waals surface area contributed by atoms with Crippen molar-refractivity contribution in [2.45, 2.75) is 28.4 Å². The van der Waals surface area contributed by atoms with E-state index in [-0.39, 0.29) is 11.6 Å². The number of nitrogens with two attached hydrogens (primary N) is 1. The molecule has 0 radical (unpaired) electrons. The highest BCUT2D eigenvalue weighted by Gasteiger charge is 2.35. The van der Waals surface area contributed by atoms with Crippen LogP contribution in [0, 0.1) is 0 Å². The van der Waals surface area contributed by atoms with Crippen LogP contribution < -0.4 is 37.1 Å². The van der Waals surface area contributed by atoms with Crippen molar-refractivity contribution in [3.63, 3.8) is 0 Å². The second-order valence-corrected chi connectivity index (χ2v) is 11.2.